The Morgan fingerprint density at radius 2 is 1.73 bits per heavy atom. The summed E-state index contributed by atoms with van der Waals surface area (Å²) in [5.41, 5.74) is 2.60. The fourth-order valence-corrected chi connectivity index (χ4v) is 5.87. The number of benzene rings is 2. The van der Waals surface area contributed by atoms with Gasteiger partial charge in [-0.1, -0.05) is 74.4 Å². The van der Waals surface area contributed by atoms with Crippen molar-refractivity contribution in [3.63, 3.8) is 0 Å². The fourth-order valence-electron chi connectivity index (χ4n) is 5.87. The number of hydrogen-bond acceptors (Lipinski definition) is 9. The highest BCUT2D eigenvalue weighted by molar-refractivity contribution is 5.77. The quantitative estimate of drug-likeness (QED) is 0.131. The normalized spacial score (nSPS) is 20.4. The summed E-state index contributed by atoms with van der Waals surface area (Å²) in [6, 6.07) is 16.9. The van der Waals surface area contributed by atoms with Gasteiger partial charge in [-0.3, -0.25) is 14.4 Å². The molecule has 0 spiro atoms. The van der Waals surface area contributed by atoms with Gasteiger partial charge in [-0.15, -0.1) is 5.10 Å². The summed E-state index contributed by atoms with van der Waals surface area (Å²) in [6.45, 7) is 7.58. The molecule has 2 amide bonds. The van der Waals surface area contributed by atoms with Crippen LogP contribution in [0.25, 0.3) is 11.3 Å². The Morgan fingerprint density at radius 1 is 0.939 bits per heavy atom. The molecule has 2 aromatic carbocycles. The smallest absolute Gasteiger partial charge is 0.306 e. The van der Waals surface area contributed by atoms with Crippen LogP contribution in [0.2, 0.25) is 0 Å². The Bertz CT molecular complexity index is 1470. The SMILES string of the molecule is COc1cccc(-c2cn(CC3OC(OCCCCCCNC(=O)CCCC(=O)OCc4ccccc4)C(NC(C)=O)C(C)C3C)nn2)c1. The zero-order chi connectivity index (χ0) is 35.0. The molecule has 3 aromatic rings. The van der Waals surface area contributed by atoms with Crippen LogP contribution in [0.3, 0.4) is 0 Å². The molecule has 266 valence electrons. The molecule has 2 heterocycles. The van der Waals surface area contributed by atoms with Crippen LogP contribution in [0.4, 0.5) is 0 Å². The molecule has 0 saturated carbocycles. The predicted octanol–water partition coefficient (Wildman–Crippen LogP) is 5.06. The Morgan fingerprint density at radius 3 is 2.51 bits per heavy atom. The zero-order valence-electron chi connectivity index (χ0n) is 29.1. The van der Waals surface area contributed by atoms with Gasteiger partial charge in [0.2, 0.25) is 11.8 Å². The number of carbonyl (C=O) groups excluding carboxylic acids is 3. The largest absolute Gasteiger partial charge is 0.497 e. The van der Waals surface area contributed by atoms with Gasteiger partial charge in [0, 0.05) is 38.5 Å². The van der Waals surface area contributed by atoms with Gasteiger partial charge in [0.15, 0.2) is 6.29 Å². The summed E-state index contributed by atoms with van der Waals surface area (Å²) in [7, 11) is 1.63. The average Bonchev–Trinajstić information content (AvgIpc) is 3.57. The first-order valence-corrected chi connectivity index (χ1v) is 17.3. The summed E-state index contributed by atoms with van der Waals surface area (Å²) in [5, 5.41) is 14.7. The third-order valence-corrected chi connectivity index (χ3v) is 8.93. The molecule has 1 aliphatic heterocycles. The number of nitrogens with zero attached hydrogens (tertiary/aromatic N) is 3. The van der Waals surface area contributed by atoms with Crippen LogP contribution in [0.1, 0.15) is 71.3 Å². The van der Waals surface area contributed by atoms with Crippen molar-refractivity contribution in [2.75, 3.05) is 20.3 Å². The van der Waals surface area contributed by atoms with E-state index >= 15 is 0 Å². The van der Waals surface area contributed by atoms with E-state index in [4.69, 9.17) is 18.9 Å². The van der Waals surface area contributed by atoms with Gasteiger partial charge < -0.3 is 29.6 Å². The number of rotatable bonds is 19. The number of carbonyl (C=O) groups is 3. The van der Waals surface area contributed by atoms with Crippen molar-refractivity contribution < 1.29 is 33.3 Å². The standard InChI is InChI=1S/C37H51N5O7/c1-26-27(2)36(39-28(3)43)37(49-33(26)24-42-23-32(40-41-42)30-16-12-17-31(22-30)46-4)47-21-11-6-5-10-20-38-34(44)18-13-19-35(45)48-25-29-14-8-7-9-15-29/h7-9,12,14-17,22-23,26-27,33,36-37H,5-6,10-11,13,18-21,24-25H2,1-4H3,(H,38,44)(H,39,43). The van der Waals surface area contributed by atoms with E-state index < -0.39 is 6.29 Å². The van der Waals surface area contributed by atoms with Crippen LogP contribution in [0.5, 0.6) is 5.75 Å². The summed E-state index contributed by atoms with van der Waals surface area (Å²) in [4.78, 5) is 36.1. The lowest BCUT2D eigenvalue weighted by atomic mass is 9.82. The Labute approximate surface area is 289 Å². The molecule has 0 aliphatic carbocycles. The minimum absolute atomic E-state index is 0.0574. The number of esters is 1. The van der Waals surface area contributed by atoms with Crippen molar-refractivity contribution >= 4 is 17.8 Å². The Balaban J connectivity index is 1.13. The van der Waals surface area contributed by atoms with E-state index in [1.54, 1.807) is 11.8 Å². The number of nitrogens with one attached hydrogen (secondary N) is 2. The molecule has 12 nitrogen and oxygen atoms in total. The van der Waals surface area contributed by atoms with Crippen LogP contribution in [-0.2, 0) is 41.7 Å². The zero-order valence-corrected chi connectivity index (χ0v) is 29.1. The van der Waals surface area contributed by atoms with Gasteiger partial charge in [0.25, 0.3) is 0 Å². The number of methoxy groups -OCH3 is 1. The second-order valence-corrected chi connectivity index (χ2v) is 12.7. The van der Waals surface area contributed by atoms with E-state index in [9.17, 15) is 14.4 Å². The fraction of sp³-hybridized carbons (Fsp3) is 0.541. The van der Waals surface area contributed by atoms with Crippen molar-refractivity contribution in [3.8, 4) is 17.0 Å². The number of hydrogen-bond donors (Lipinski definition) is 2. The molecular weight excluding hydrogens is 626 g/mol. The molecular formula is C37H51N5O7. The molecule has 0 radical (unpaired) electrons. The van der Waals surface area contributed by atoms with Gasteiger partial charge in [0.05, 0.1) is 32.0 Å². The minimum atomic E-state index is -0.587. The lowest BCUT2D eigenvalue weighted by Crippen LogP contribution is -2.58. The van der Waals surface area contributed by atoms with Crippen molar-refractivity contribution in [1.82, 2.24) is 25.6 Å². The van der Waals surface area contributed by atoms with E-state index in [0.717, 1.165) is 48.3 Å². The molecule has 0 bridgehead atoms. The molecule has 1 fully saturated rings. The Hall–Kier alpha value is -4.29. The molecule has 2 N–H and O–H groups in total. The first-order chi connectivity index (χ1) is 23.7. The van der Waals surface area contributed by atoms with Crippen molar-refractivity contribution in [2.45, 2.75) is 97.3 Å². The maximum absolute atomic E-state index is 12.2. The van der Waals surface area contributed by atoms with Gasteiger partial charge in [0.1, 0.15) is 18.1 Å². The van der Waals surface area contributed by atoms with E-state index in [1.165, 1.54) is 6.92 Å². The van der Waals surface area contributed by atoms with Gasteiger partial charge in [-0.25, -0.2) is 4.68 Å². The maximum Gasteiger partial charge on any atom is 0.306 e. The van der Waals surface area contributed by atoms with Gasteiger partial charge in [-0.05, 0) is 48.8 Å². The van der Waals surface area contributed by atoms with Crippen LogP contribution in [0.15, 0.2) is 60.8 Å². The van der Waals surface area contributed by atoms with Crippen LogP contribution in [0, 0.1) is 11.8 Å². The minimum Gasteiger partial charge on any atom is -0.497 e. The number of aromatic nitrogens is 3. The monoisotopic (exact) mass is 677 g/mol. The van der Waals surface area contributed by atoms with E-state index in [2.05, 4.69) is 34.8 Å². The average molecular weight is 678 g/mol. The molecule has 1 saturated heterocycles. The first-order valence-electron chi connectivity index (χ1n) is 17.3. The van der Waals surface area contributed by atoms with Crippen molar-refractivity contribution in [2.24, 2.45) is 11.8 Å². The molecule has 1 aliphatic rings. The van der Waals surface area contributed by atoms with Gasteiger partial charge >= 0.3 is 5.97 Å². The third kappa shape index (κ3) is 12.3. The number of amides is 2. The lowest BCUT2D eigenvalue weighted by Gasteiger charge is -2.44. The molecule has 1 aromatic heterocycles. The lowest BCUT2D eigenvalue weighted by molar-refractivity contribution is -0.239. The van der Waals surface area contributed by atoms with Crippen LogP contribution >= 0.6 is 0 Å². The predicted molar refractivity (Wildman–Crippen MR) is 184 cm³/mol. The summed E-state index contributed by atoms with van der Waals surface area (Å²) < 4.78 is 25.1. The third-order valence-electron chi connectivity index (χ3n) is 8.93. The highest BCUT2D eigenvalue weighted by atomic mass is 16.7. The first kappa shape index (κ1) is 37.5. The van der Waals surface area contributed by atoms with E-state index in [1.807, 2.05) is 60.8 Å². The molecule has 5 unspecified atom stereocenters. The topological polar surface area (TPSA) is 143 Å². The number of unbranched alkanes of at least 4 members (excludes halogenated alkanes) is 3. The van der Waals surface area contributed by atoms with E-state index in [0.29, 0.717) is 32.5 Å². The highest BCUT2D eigenvalue weighted by Gasteiger charge is 2.42. The van der Waals surface area contributed by atoms with Gasteiger partial charge in [-0.2, -0.15) is 0 Å². The Kier molecular flexibility index (Phi) is 15.0. The second-order valence-electron chi connectivity index (χ2n) is 12.7. The molecule has 4 rings (SSSR count). The summed E-state index contributed by atoms with van der Waals surface area (Å²) >= 11 is 0. The van der Waals surface area contributed by atoms with Crippen LogP contribution in [-0.4, -0.2) is 71.5 Å². The van der Waals surface area contributed by atoms with Crippen molar-refractivity contribution in [3.05, 3.63) is 66.4 Å². The number of ether oxygens (including phenoxy) is 4. The summed E-state index contributed by atoms with van der Waals surface area (Å²) in [5.74, 6) is 0.516. The second kappa shape index (κ2) is 19.6. The molecule has 5 atom stereocenters. The van der Waals surface area contributed by atoms with Crippen molar-refractivity contribution in [1.29, 1.82) is 0 Å². The molecule has 49 heavy (non-hydrogen) atoms. The van der Waals surface area contributed by atoms with Crippen LogP contribution < -0.4 is 15.4 Å². The molecule has 12 heteroatoms. The summed E-state index contributed by atoms with van der Waals surface area (Å²) in [6.07, 6.45) is 5.65. The van der Waals surface area contributed by atoms with E-state index in [-0.39, 0.29) is 54.8 Å². The highest BCUT2D eigenvalue weighted by Crippen LogP contribution is 2.33. The maximum atomic E-state index is 12.2.